The maximum Gasteiger partial charge on any atom is 0.336 e. The van der Waals surface area contributed by atoms with Gasteiger partial charge in [-0.25, -0.2) is 4.79 Å². The van der Waals surface area contributed by atoms with Crippen LogP contribution in [0, 0.1) is 0 Å². The van der Waals surface area contributed by atoms with Gasteiger partial charge >= 0.3 is 5.63 Å². The third-order valence-corrected chi connectivity index (χ3v) is 4.06. The van der Waals surface area contributed by atoms with E-state index in [1.165, 1.54) is 6.07 Å². The third-order valence-electron chi connectivity index (χ3n) is 4.06. The number of nitrogens with one attached hydrogen (secondary N) is 1. The van der Waals surface area contributed by atoms with Crippen LogP contribution in [0.5, 0.6) is 0 Å². The van der Waals surface area contributed by atoms with Crippen LogP contribution in [0.25, 0.3) is 21.9 Å². The van der Waals surface area contributed by atoms with Gasteiger partial charge in [-0.3, -0.25) is 4.79 Å². The molecule has 0 atom stereocenters. The second kappa shape index (κ2) is 4.07. The minimum absolute atomic E-state index is 0.0768. The molecule has 0 unspecified atom stereocenters. The standard InChI is InChI=1S/C16H13NO3/c18-14-8-5-10-13(20-14)7-6-12-15(10)16(19)9-3-1-2-4-11(9)17-12/h5-8H,1-4H2,(H,17,19). The van der Waals surface area contributed by atoms with Crippen LogP contribution < -0.4 is 11.1 Å². The van der Waals surface area contributed by atoms with Crippen LogP contribution in [0.1, 0.15) is 24.1 Å². The predicted octanol–water partition coefficient (Wildman–Crippen LogP) is 2.51. The number of aromatic amines is 1. The Morgan fingerprint density at radius 1 is 1.00 bits per heavy atom. The van der Waals surface area contributed by atoms with Crippen molar-refractivity contribution in [2.75, 3.05) is 0 Å². The van der Waals surface area contributed by atoms with Crippen LogP contribution in [0.3, 0.4) is 0 Å². The minimum Gasteiger partial charge on any atom is -0.423 e. The average molecular weight is 267 g/mol. The van der Waals surface area contributed by atoms with Gasteiger partial charge in [-0.1, -0.05) is 0 Å². The zero-order chi connectivity index (χ0) is 13.7. The normalized spacial score (nSPS) is 14.6. The minimum atomic E-state index is -0.397. The Kier molecular flexibility index (Phi) is 2.33. The second-order valence-corrected chi connectivity index (χ2v) is 5.27. The van der Waals surface area contributed by atoms with Gasteiger partial charge < -0.3 is 9.40 Å². The summed E-state index contributed by atoms with van der Waals surface area (Å²) in [7, 11) is 0. The van der Waals surface area contributed by atoms with Crippen LogP contribution in [-0.4, -0.2) is 4.98 Å². The number of hydrogen-bond acceptors (Lipinski definition) is 3. The molecule has 1 aromatic carbocycles. The van der Waals surface area contributed by atoms with Crippen molar-refractivity contribution in [1.82, 2.24) is 4.98 Å². The van der Waals surface area contributed by atoms with Crippen LogP contribution in [-0.2, 0) is 12.8 Å². The molecule has 1 aliphatic carbocycles. The van der Waals surface area contributed by atoms with Crippen molar-refractivity contribution in [3.8, 4) is 0 Å². The van der Waals surface area contributed by atoms with Crippen molar-refractivity contribution in [3.63, 3.8) is 0 Å². The number of pyridine rings is 1. The number of hydrogen-bond donors (Lipinski definition) is 1. The van der Waals surface area contributed by atoms with Gasteiger partial charge in [0.2, 0.25) is 0 Å². The number of fused-ring (bicyclic) bond motifs is 4. The molecular formula is C16H13NO3. The Morgan fingerprint density at radius 2 is 1.85 bits per heavy atom. The second-order valence-electron chi connectivity index (χ2n) is 5.27. The number of aromatic nitrogens is 1. The summed E-state index contributed by atoms with van der Waals surface area (Å²) in [6.45, 7) is 0. The van der Waals surface area contributed by atoms with Crippen molar-refractivity contribution in [3.05, 3.63) is 56.2 Å². The fourth-order valence-corrected chi connectivity index (χ4v) is 3.10. The highest BCUT2D eigenvalue weighted by Crippen LogP contribution is 2.24. The Balaban J connectivity index is 2.22. The fraction of sp³-hybridized carbons (Fsp3) is 0.250. The van der Waals surface area contributed by atoms with E-state index in [1.807, 2.05) is 6.07 Å². The van der Waals surface area contributed by atoms with E-state index in [9.17, 15) is 9.59 Å². The van der Waals surface area contributed by atoms with Crippen LogP contribution in [0.15, 0.2) is 38.3 Å². The van der Waals surface area contributed by atoms with Gasteiger partial charge in [-0.2, -0.15) is 0 Å². The van der Waals surface area contributed by atoms with Crippen molar-refractivity contribution >= 4 is 21.9 Å². The molecule has 0 radical (unpaired) electrons. The van der Waals surface area contributed by atoms with Gasteiger partial charge in [0.25, 0.3) is 0 Å². The first-order valence-corrected chi connectivity index (χ1v) is 6.84. The van der Waals surface area contributed by atoms with Gasteiger partial charge in [-0.15, -0.1) is 0 Å². The molecule has 0 fully saturated rings. The summed E-state index contributed by atoms with van der Waals surface area (Å²) in [4.78, 5) is 27.4. The molecular weight excluding hydrogens is 254 g/mol. The maximum atomic E-state index is 12.7. The zero-order valence-electron chi connectivity index (χ0n) is 10.9. The molecule has 1 aliphatic rings. The first-order chi connectivity index (χ1) is 9.74. The molecule has 4 nitrogen and oxygen atoms in total. The molecule has 1 N–H and O–H groups in total. The molecule has 0 saturated heterocycles. The van der Waals surface area contributed by atoms with Crippen LogP contribution >= 0.6 is 0 Å². The van der Waals surface area contributed by atoms with Crippen molar-refractivity contribution in [1.29, 1.82) is 0 Å². The van der Waals surface area contributed by atoms with Gasteiger partial charge in [0.1, 0.15) is 5.58 Å². The topological polar surface area (TPSA) is 63.1 Å². The molecule has 4 rings (SSSR count). The van der Waals surface area contributed by atoms with E-state index in [-0.39, 0.29) is 5.43 Å². The molecule has 100 valence electrons. The first kappa shape index (κ1) is 11.5. The molecule has 4 heteroatoms. The smallest absolute Gasteiger partial charge is 0.336 e. The van der Waals surface area contributed by atoms with E-state index in [1.54, 1.807) is 12.1 Å². The lowest BCUT2D eigenvalue weighted by molar-refractivity contribution is 0.561. The van der Waals surface area contributed by atoms with E-state index < -0.39 is 5.63 Å². The van der Waals surface area contributed by atoms with Gasteiger partial charge in [-0.05, 0) is 43.9 Å². The molecule has 2 heterocycles. The average Bonchev–Trinajstić information content (AvgIpc) is 2.47. The molecule has 3 aromatic rings. The summed E-state index contributed by atoms with van der Waals surface area (Å²) in [5.41, 5.74) is 2.91. The number of aryl methyl sites for hydroxylation is 1. The summed E-state index contributed by atoms with van der Waals surface area (Å²) in [6.07, 6.45) is 3.94. The summed E-state index contributed by atoms with van der Waals surface area (Å²) < 4.78 is 5.16. The first-order valence-electron chi connectivity index (χ1n) is 6.84. The lowest BCUT2D eigenvalue weighted by Crippen LogP contribution is -2.18. The van der Waals surface area contributed by atoms with Crippen LogP contribution in [0.2, 0.25) is 0 Å². The molecule has 0 spiro atoms. The maximum absolute atomic E-state index is 12.7. The molecule has 20 heavy (non-hydrogen) atoms. The molecule has 0 bridgehead atoms. The summed E-state index contributed by atoms with van der Waals surface area (Å²) in [5, 5.41) is 1.34. The molecule has 0 aliphatic heterocycles. The molecule has 0 saturated carbocycles. The summed E-state index contributed by atoms with van der Waals surface area (Å²) >= 11 is 0. The highest BCUT2D eigenvalue weighted by Gasteiger charge is 2.17. The Labute approximate surface area is 114 Å². The third kappa shape index (κ3) is 1.54. The zero-order valence-corrected chi connectivity index (χ0v) is 10.9. The van der Waals surface area contributed by atoms with Crippen molar-refractivity contribution < 1.29 is 4.42 Å². The Morgan fingerprint density at radius 3 is 2.75 bits per heavy atom. The van der Waals surface area contributed by atoms with E-state index in [4.69, 9.17) is 4.42 Å². The monoisotopic (exact) mass is 267 g/mol. The fourth-order valence-electron chi connectivity index (χ4n) is 3.10. The van der Waals surface area contributed by atoms with E-state index >= 15 is 0 Å². The van der Waals surface area contributed by atoms with E-state index in [0.717, 1.165) is 42.5 Å². The predicted molar refractivity (Wildman–Crippen MR) is 77.3 cm³/mol. The van der Waals surface area contributed by atoms with E-state index in [0.29, 0.717) is 16.4 Å². The summed E-state index contributed by atoms with van der Waals surface area (Å²) in [6, 6.07) is 6.59. The highest BCUT2D eigenvalue weighted by molar-refractivity contribution is 6.04. The number of H-pyrrole nitrogens is 1. The largest absolute Gasteiger partial charge is 0.423 e. The highest BCUT2D eigenvalue weighted by atomic mass is 16.4. The number of rotatable bonds is 0. The van der Waals surface area contributed by atoms with Crippen molar-refractivity contribution in [2.45, 2.75) is 25.7 Å². The Bertz CT molecular complexity index is 949. The lowest BCUT2D eigenvalue weighted by Gasteiger charge is -2.16. The number of benzene rings is 1. The summed E-state index contributed by atoms with van der Waals surface area (Å²) in [5.74, 6) is 0. The van der Waals surface area contributed by atoms with Gasteiger partial charge in [0.05, 0.1) is 10.9 Å². The SMILES string of the molecule is O=c1ccc2c(ccc3[nH]c4c(c(=O)c32)CCCC4)o1. The quantitative estimate of drug-likeness (QED) is 0.503. The van der Waals surface area contributed by atoms with Crippen molar-refractivity contribution in [2.24, 2.45) is 0 Å². The van der Waals surface area contributed by atoms with Gasteiger partial charge in [0.15, 0.2) is 5.43 Å². The molecule has 2 aromatic heterocycles. The lowest BCUT2D eigenvalue weighted by atomic mass is 9.93. The van der Waals surface area contributed by atoms with Gasteiger partial charge in [0, 0.05) is 22.7 Å². The van der Waals surface area contributed by atoms with Crippen LogP contribution in [0.4, 0.5) is 0 Å². The van der Waals surface area contributed by atoms with E-state index in [2.05, 4.69) is 4.98 Å². The molecule has 0 amide bonds. The Hall–Kier alpha value is -2.36.